The van der Waals surface area contributed by atoms with E-state index in [-0.39, 0.29) is 0 Å². The third-order valence-electron chi connectivity index (χ3n) is 2.79. The van der Waals surface area contributed by atoms with E-state index in [1.54, 1.807) is 12.1 Å². The van der Waals surface area contributed by atoms with Gasteiger partial charge in [-0.15, -0.1) is 0 Å². The van der Waals surface area contributed by atoms with Crippen LogP contribution >= 0.6 is 34.8 Å². The van der Waals surface area contributed by atoms with Crippen molar-refractivity contribution in [1.82, 2.24) is 0 Å². The van der Waals surface area contributed by atoms with Crippen molar-refractivity contribution in [3.8, 4) is 0 Å². The van der Waals surface area contributed by atoms with Crippen LogP contribution in [0.4, 0.5) is 0 Å². The number of carbonyl (C=O) groups excluding carboxylic acids is 1. The molecular formula is C14H17Cl3O. The first-order valence-electron chi connectivity index (χ1n) is 6.15. The molecule has 0 unspecified atom stereocenters. The molecule has 0 saturated heterocycles. The highest BCUT2D eigenvalue weighted by Gasteiger charge is 2.31. The lowest BCUT2D eigenvalue weighted by atomic mass is 10.0. The number of Topliss-reactive ketones (excluding diaryl/α,β-unsaturated/α-hetero) is 1. The molecule has 0 atom stereocenters. The molecule has 0 saturated carbocycles. The normalized spacial score (nSPS) is 11.6. The van der Waals surface area contributed by atoms with Crippen molar-refractivity contribution in [2.45, 2.75) is 42.8 Å². The molecule has 1 nitrogen and oxygen atoms in total. The summed E-state index contributed by atoms with van der Waals surface area (Å²) in [5, 5.41) is 0. The lowest BCUT2D eigenvalue weighted by molar-refractivity contribution is 0.0996. The number of benzene rings is 1. The maximum atomic E-state index is 11.7. The second kappa shape index (κ2) is 7.37. The van der Waals surface area contributed by atoms with E-state index in [0.29, 0.717) is 5.56 Å². The van der Waals surface area contributed by atoms with Gasteiger partial charge in [0.05, 0.1) is 0 Å². The molecule has 0 N–H and O–H groups in total. The summed E-state index contributed by atoms with van der Waals surface area (Å²) in [6.45, 7) is 2.19. The lowest BCUT2D eigenvalue weighted by Gasteiger charge is -2.09. The van der Waals surface area contributed by atoms with Gasteiger partial charge in [0.2, 0.25) is 5.78 Å². The molecule has 0 radical (unpaired) electrons. The van der Waals surface area contributed by atoms with E-state index in [2.05, 4.69) is 6.92 Å². The van der Waals surface area contributed by atoms with E-state index in [1.807, 2.05) is 12.1 Å². The van der Waals surface area contributed by atoms with Crippen LogP contribution in [0.2, 0.25) is 0 Å². The van der Waals surface area contributed by atoms with Crippen LogP contribution in [-0.2, 0) is 6.42 Å². The number of rotatable bonds is 6. The van der Waals surface area contributed by atoms with E-state index in [1.165, 1.54) is 31.2 Å². The van der Waals surface area contributed by atoms with Crippen molar-refractivity contribution in [3.05, 3.63) is 35.4 Å². The van der Waals surface area contributed by atoms with E-state index in [4.69, 9.17) is 34.8 Å². The Bertz CT molecular complexity index is 379. The van der Waals surface area contributed by atoms with Crippen LogP contribution < -0.4 is 0 Å². The highest BCUT2D eigenvalue weighted by Crippen LogP contribution is 2.30. The van der Waals surface area contributed by atoms with Gasteiger partial charge in [-0.25, -0.2) is 0 Å². The van der Waals surface area contributed by atoms with Crippen molar-refractivity contribution < 1.29 is 4.79 Å². The topological polar surface area (TPSA) is 17.1 Å². The fraction of sp³-hybridized carbons (Fsp3) is 0.500. The molecule has 4 heteroatoms. The van der Waals surface area contributed by atoms with Gasteiger partial charge in [0.15, 0.2) is 0 Å². The lowest BCUT2D eigenvalue weighted by Crippen LogP contribution is -2.18. The molecule has 0 bridgehead atoms. The fourth-order valence-electron chi connectivity index (χ4n) is 1.74. The van der Waals surface area contributed by atoms with Crippen LogP contribution in [0.5, 0.6) is 0 Å². The van der Waals surface area contributed by atoms with Gasteiger partial charge in [-0.1, -0.05) is 85.3 Å². The van der Waals surface area contributed by atoms with Gasteiger partial charge in [0, 0.05) is 5.56 Å². The van der Waals surface area contributed by atoms with Gasteiger partial charge in [-0.2, -0.15) is 0 Å². The first kappa shape index (κ1) is 15.8. The highest BCUT2D eigenvalue weighted by molar-refractivity contribution is 6.77. The molecule has 0 aromatic heterocycles. The SMILES string of the molecule is CCCCCCc1ccc(C(=O)C(Cl)(Cl)Cl)cc1. The third kappa shape index (κ3) is 5.17. The molecule has 0 aliphatic rings. The van der Waals surface area contributed by atoms with Crippen molar-refractivity contribution >= 4 is 40.6 Å². The summed E-state index contributed by atoms with van der Waals surface area (Å²) in [6, 6.07) is 7.30. The number of unbranched alkanes of at least 4 members (excludes halogenated alkanes) is 3. The van der Waals surface area contributed by atoms with Crippen LogP contribution in [0.3, 0.4) is 0 Å². The first-order valence-corrected chi connectivity index (χ1v) is 7.29. The summed E-state index contributed by atoms with van der Waals surface area (Å²) in [4.78, 5) is 11.7. The Morgan fingerprint density at radius 1 is 1.06 bits per heavy atom. The van der Waals surface area contributed by atoms with Crippen LogP contribution in [0.15, 0.2) is 24.3 Å². The minimum atomic E-state index is -1.87. The minimum Gasteiger partial charge on any atom is -0.289 e. The van der Waals surface area contributed by atoms with Crippen molar-refractivity contribution in [3.63, 3.8) is 0 Å². The van der Waals surface area contributed by atoms with Crippen LogP contribution in [0, 0.1) is 0 Å². The van der Waals surface area contributed by atoms with Crippen molar-refractivity contribution in [1.29, 1.82) is 0 Å². The molecule has 0 aliphatic heterocycles. The molecule has 0 fully saturated rings. The number of aryl methyl sites for hydroxylation is 1. The largest absolute Gasteiger partial charge is 0.289 e. The monoisotopic (exact) mass is 306 g/mol. The molecule has 1 aromatic rings. The van der Waals surface area contributed by atoms with Gasteiger partial charge in [0.1, 0.15) is 0 Å². The van der Waals surface area contributed by atoms with Gasteiger partial charge in [0.25, 0.3) is 3.79 Å². The number of ketones is 1. The zero-order valence-electron chi connectivity index (χ0n) is 10.4. The second-order valence-electron chi connectivity index (χ2n) is 4.33. The Morgan fingerprint density at radius 2 is 1.67 bits per heavy atom. The molecular weight excluding hydrogens is 291 g/mol. The van der Waals surface area contributed by atoms with Crippen LogP contribution in [0.1, 0.15) is 48.5 Å². The van der Waals surface area contributed by atoms with Crippen LogP contribution in [0.25, 0.3) is 0 Å². The first-order chi connectivity index (χ1) is 8.45. The van der Waals surface area contributed by atoms with Crippen molar-refractivity contribution in [2.75, 3.05) is 0 Å². The Labute approximate surface area is 123 Å². The zero-order valence-corrected chi connectivity index (χ0v) is 12.7. The number of carbonyl (C=O) groups is 1. The number of hydrogen-bond donors (Lipinski definition) is 0. The summed E-state index contributed by atoms with van der Waals surface area (Å²) in [5.41, 5.74) is 1.65. The molecule has 1 rings (SSSR count). The molecule has 100 valence electrons. The Kier molecular flexibility index (Phi) is 6.48. The van der Waals surface area contributed by atoms with E-state index in [0.717, 1.165) is 6.42 Å². The zero-order chi connectivity index (χ0) is 13.6. The van der Waals surface area contributed by atoms with Gasteiger partial charge in [-0.3, -0.25) is 4.79 Å². The summed E-state index contributed by atoms with van der Waals surface area (Å²) in [7, 11) is 0. The predicted octanol–water partition coefficient (Wildman–Crippen LogP) is 5.36. The standard InChI is InChI=1S/C14H17Cl3O/c1-2-3-4-5-6-11-7-9-12(10-8-11)13(18)14(15,16)17/h7-10H,2-6H2,1H3. The van der Waals surface area contributed by atoms with Crippen LogP contribution in [-0.4, -0.2) is 9.58 Å². The Hall–Kier alpha value is -0.240. The smallest absolute Gasteiger partial charge is 0.253 e. The summed E-state index contributed by atoms with van der Waals surface area (Å²) in [6.07, 6.45) is 5.94. The minimum absolute atomic E-state index is 0.437. The quantitative estimate of drug-likeness (QED) is 0.393. The highest BCUT2D eigenvalue weighted by atomic mass is 35.6. The predicted molar refractivity (Wildman–Crippen MR) is 78.9 cm³/mol. The van der Waals surface area contributed by atoms with E-state index >= 15 is 0 Å². The van der Waals surface area contributed by atoms with Gasteiger partial charge < -0.3 is 0 Å². The fourth-order valence-corrected chi connectivity index (χ4v) is 2.07. The summed E-state index contributed by atoms with van der Waals surface area (Å²) < 4.78 is -1.87. The molecule has 0 spiro atoms. The van der Waals surface area contributed by atoms with E-state index < -0.39 is 9.58 Å². The average Bonchev–Trinajstić information content (AvgIpc) is 2.33. The van der Waals surface area contributed by atoms with Gasteiger partial charge in [-0.05, 0) is 18.4 Å². The summed E-state index contributed by atoms with van der Waals surface area (Å²) >= 11 is 16.7. The number of hydrogen-bond acceptors (Lipinski definition) is 1. The third-order valence-corrected chi connectivity index (χ3v) is 3.31. The Morgan fingerprint density at radius 3 is 2.17 bits per heavy atom. The number of halogens is 3. The Balaban J connectivity index is 2.55. The van der Waals surface area contributed by atoms with Crippen molar-refractivity contribution in [2.24, 2.45) is 0 Å². The molecule has 0 heterocycles. The average molecular weight is 308 g/mol. The van der Waals surface area contributed by atoms with E-state index in [9.17, 15) is 4.79 Å². The van der Waals surface area contributed by atoms with Gasteiger partial charge >= 0.3 is 0 Å². The molecule has 1 aromatic carbocycles. The molecule has 18 heavy (non-hydrogen) atoms. The maximum absolute atomic E-state index is 11.7. The second-order valence-corrected chi connectivity index (χ2v) is 6.62. The molecule has 0 aliphatic carbocycles. The molecule has 0 amide bonds. The maximum Gasteiger partial charge on any atom is 0.253 e. The summed E-state index contributed by atoms with van der Waals surface area (Å²) in [5.74, 6) is -0.481. The number of alkyl halides is 3.